The number of thioether (sulfide) groups is 1. The molecule has 1 aromatic heterocycles. The molecule has 2 aromatic rings. The molecule has 0 unspecified atom stereocenters. The second-order valence-electron chi connectivity index (χ2n) is 3.72. The first-order valence-corrected chi connectivity index (χ1v) is 6.87. The van der Waals surface area contributed by atoms with Gasteiger partial charge in [-0.15, -0.1) is 0 Å². The van der Waals surface area contributed by atoms with Gasteiger partial charge in [0.05, 0.1) is 18.4 Å². The number of hydrogen-bond acceptors (Lipinski definition) is 3. The molecule has 0 aliphatic heterocycles. The fourth-order valence-electron chi connectivity index (χ4n) is 1.43. The minimum atomic E-state index is 0.715. The predicted octanol–water partition coefficient (Wildman–Crippen LogP) is 3.05. The van der Waals surface area contributed by atoms with E-state index in [1.54, 1.807) is 6.20 Å². The lowest BCUT2D eigenvalue weighted by Crippen LogP contribution is -2.00. The molecule has 5 heteroatoms. The average Bonchev–Trinajstić information content (AvgIpc) is 2.73. The number of halogens is 1. The molecule has 0 aliphatic carbocycles. The maximum atomic E-state index is 5.83. The minimum Gasteiger partial charge on any atom is -0.396 e. The zero-order valence-electron chi connectivity index (χ0n) is 9.34. The molecule has 0 atom stereocenters. The van der Waals surface area contributed by atoms with Crippen molar-refractivity contribution in [3.8, 4) is 0 Å². The topological polar surface area (TPSA) is 43.8 Å². The van der Waals surface area contributed by atoms with Gasteiger partial charge in [0.2, 0.25) is 0 Å². The number of aromatic nitrogens is 2. The molecule has 0 saturated heterocycles. The van der Waals surface area contributed by atoms with Gasteiger partial charge in [0.15, 0.2) is 0 Å². The summed E-state index contributed by atoms with van der Waals surface area (Å²) >= 11 is 7.70. The highest BCUT2D eigenvalue weighted by molar-refractivity contribution is 7.98. The Hall–Kier alpha value is -1.13. The highest BCUT2D eigenvalue weighted by Gasteiger charge is 1.96. The summed E-state index contributed by atoms with van der Waals surface area (Å²) in [6, 6.07) is 7.96. The van der Waals surface area contributed by atoms with E-state index in [-0.39, 0.29) is 0 Å². The molecular formula is C12H14ClN3S. The van der Waals surface area contributed by atoms with Gasteiger partial charge in [0.25, 0.3) is 0 Å². The molecule has 2 N–H and O–H groups in total. The monoisotopic (exact) mass is 267 g/mol. The SMILES string of the molecule is Nc1cnn(CCSCc2ccc(Cl)cc2)c1. The van der Waals surface area contributed by atoms with Crippen molar-refractivity contribution in [3.05, 3.63) is 47.2 Å². The Morgan fingerprint density at radius 1 is 1.29 bits per heavy atom. The molecule has 90 valence electrons. The molecule has 0 bridgehead atoms. The molecule has 17 heavy (non-hydrogen) atoms. The molecule has 0 radical (unpaired) electrons. The van der Waals surface area contributed by atoms with Crippen LogP contribution in [-0.4, -0.2) is 15.5 Å². The number of aryl methyl sites for hydroxylation is 1. The molecule has 1 aromatic carbocycles. The minimum absolute atomic E-state index is 0.715. The summed E-state index contributed by atoms with van der Waals surface area (Å²) in [4.78, 5) is 0. The van der Waals surface area contributed by atoms with Gasteiger partial charge < -0.3 is 5.73 Å². The van der Waals surface area contributed by atoms with Crippen LogP contribution in [0.1, 0.15) is 5.56 Å². The second kappa shape index (κ2) is 5.98. The van der Waals surface area contributed by atoms with Gasteiger partial charge in [0.1, 0.15) is 0 Å². The first-order valence-electron chi connectivity index (χ1n) is 5.34. The van der Waals surface area contributed by atoms with E-state index < -0.39 is 0 Å². The summed E-state index contributed by atoms with van der Waals surface area (Å²) in [6.07, 6.45) is 3.52. The average molecular weight is 268 g/mol. The van der Waals surface area contributed by atoms with Crippen LogP contribution in [0.3, 0.4) is 0 Å². The summed E-state index contributed by atoms with van der Waals surface area (Å²) < 4.78 is 1.87. The number of rotatable bonds is 5. The van der Waals surface area contributed by atoms with E-state index in [0.717, 1.165) is 23.1 Å². The van der Waals surface area contributed by atoms with Gasteiger partial charge >= 0.3 is 0 Å². The summed E-state index contributed by atoms with van der Waals surface area (Å²) in [6.45, 7) is 0.884. The third-order valence-corrected chi connectivity index (χ3v) is 3.56. The maximum Gasteiger partial charge on any atom is 0.0719 e. The highest BCUT2D eigenvalue weighted by Crippen LogP contribution is 2.15. The van der Waals surface area contributed by atoms with Crippen LogP contribution in [0.2, 0.25) is 5.02 Å². The van der Waals surface area contributed by atoms with E-state index >= 15 is 0 Å². The van der Waals surface area contributed by atoms with Crippen molar-refractivity contribution in [2.45, 2.75) is 12.3 Å². The molecule has 0 aliphatic rings. The first kappa shape index (κ1) is 12.3. The third-order valence-electron chi connectivity index (χ3n) is 2.30. The molecule has 2 rings (SSSR count). The molecular weight excluding hydrogens is 254 g/mol. The fourth-order valence-corrected chi connectivity index (χ4v) is 2.45. The molecule has 0 spiro atoms. The lowest BCUT2D eigenvalue weighted by atomic mass is 10.2. The van der Waals surface area contributed by atoms with Crippen LogP contribution in [-0.2, 0) is 12.3 Å². The van der Waals surface area contributed by atoms with Crippen LogP contribution in [0.25, 0.3) is 0 Å². The van der Waals surface area contributed by atoms with Gasteiger partial charge in [0, 0.05) is 22.7 Å². The number of hydrogen-bond donors (Lipinski definition) is 1. The van der Waals surface area contributed by atoms with Crippen LogP contribution < -0.4 is 5.73 Å². The van der Waals surface area contributed by atoms with Crippen LogP contribution in [0.5, 0.6) is 0 Å². The Bertz CT molecular complexity index is 467. The van der Waals surface area contributed by atoms with Crippen LogP contribution in [0, 0.1) is 0 Å². The Morgan fingerprint density at radius 2 is 2.06 bits per heavy atom. The highest BCUT2D eigenvalue weighted by atomic mass is 35.5. The van der Waals surface area contributed by atoms with E-state index in [9.17, 15) is 0 Å². The Morgan fingerprint density at radius 3 is 2.71 bits per heavy atom. The quantitative estimate of drug-likeness (QED) is 0.847. The van der Waals surface area contributed by atoms with Crippen molar-refractivity contribution >= 4 is 29.1 Å². The van der Waals surface area contributed by atoms with E-state index in [0.29, 0.717) is 5.69 Å². The predicted molar refractivity (Wildman–Crippen MR) is 74.3 cm³/mol. The van der Waals surface area contributed by atoms with Gasteiger partial charge in [-0.05, 0) is 17.7 Å². The normalized spacial score (nSPS) is 10.6. The van der Waals surface area contributed by atoms with Crippen molar-refractivity contribution in [1.29, 1.82) is 0 Å². The Labute approximate surface area is 110 Å². The van der Waals surface area contributed by atoms with Crippen LogP contribution in [0.15, 0.2) is 36.7 Å². The largest absolute Gasteiger partial charge is 0.396 e. The van der Waals surface area contributed by atoms with E-state index in [1.165, 1.54) is 5.56 Å². The van der Waals surface area contributed by atoms with Gasteiger partial charge in [-0.3, -0.25) is 4.68 Å². The van der Waals surface area contributed by atoms with E-state index in [4.69, 9.17) is 17.3 Å². The fraction of sp³-hybridized carbons (Fsp3) is 0.250. The summed E-state index contributed by atoms with van der Waals surface area (Å²) in [5.74, 6) is 2.01. The number of nitrogens with two attached hydrogens (primary N) is 1. The Balaban J connectivity index is 1.71. The lowest BCUT2D eigenvalue weighted by molar-refractivity contribution is 0.666. The molecule has 0 fully saturated rings. The second-order valence-corrected chi connectivity index (χ2v) is 5.26. The zero-order chi connectivity index (χ0) is 12.1. The smallest absolute Gasteiger partial charge is 0.0719 e. The van der Waals surface area contributed by atoms with Crippen molar-refractivity contribution in [2.24, 2.45) is 0 Å². The lowest BCUT2D eigenvalue weighted by Gasteiger charge is -2.02. The Kier molecular flexibility index (Phi) is 4.34. The number of benzene rings is 1. The van der Waals surface area contributed by atoms with E-state index in [2.05, 4.69) is 17.2 Å². The summed E-state index contributed by atoms with van der Waals surface area (Å²) in [5.41, 5.74) is 7.59. The number of anilines is 1. The third kappa shape index (κ3) is 3.98. The van der Waals surface area contributed by atoms with Crippen LogP contribution in [0.4, 0.5) is 5.69 Å². The number of nitrogen functional groups attached to an aromatic ring is 1. The van der Waals surface area contributed by atoms with Crippen molar-refractivity contribution in [2.75, 3.05) is 11.5 Å². The summed E-state index contributed by atoms with van der Waals surface area (Å²) in [7, 11) is 0. The molecule has 1 heterocycles. The van der Waals surface area contributed by atoms with E-state index in [1.807, 2.05) is 34.8 Å². The summed E-state index contributed by atoms with van der Waals surface area (Å²) in [5, 5.41) is 4.92. The number of nitrogens with zero attached hydrogens (tertiary/aromatic N) is 2. The van der Waals surface area contributed by atoms with Gasteiger partial charge in [-0.1, -0.05) is 23.7 Å². The van der Waals surface area contributed by atoms with Gasteiger partial charge in [-0.25, -0.2) is 0 Å². The zero-order valence-corrected chi connectivity index (χ0v) is 10.9. The molecule has 3 nitrogen and oxygen atoms in total. The first-order chi connectivity index (χ1) is 8.24. The molecule has 0 amide bonds. The van der Waals surface area contributed by atoms with Crippen molar-refractivity contribution < 1.29 is 0 Å². The van der Waals surface area contributed by atoms with Crippen LogP contribution >= 0.6 is 23.4 Å². The van der Waals surface area contributed by atoms with Gasteiger partial charge in [-0.2, -0.15) is 16.9 Å². The molecule has 0 saturated carbocycles. The van der Waals surface area contributed by atoms with Crippen molar-refractivity contribution in [1.82, 2.24) is 9.78 Å². The standard InChI is InChI=1S/C12H14ClN3S/c13-11-3-1-10(2-4-11)9-17-6-5-16-8-12(14)7-15-16/h1-4,7-8H,5-6,9,14H2. The maximum absolute atomic E-state index is 5.83. The van der Waals surface area contributed by atoms with Crippen molar-refractivity contribution in [3.63, 3.8) is 0 Å².